The normalized spacial score (nSPS) is 12.7. The number of hydrogen-bond acceptors (Lipinski definition) is 3. The summed E-state index contributed by atoms with van der Waals surface area (Å²) in [5.41, 5.74) is 12.0. The van der Waals surface area contributed by atoms with Gasteiger partial charge in [0.1, 0.15) is 0 Å². The number of benzene rings is 1. The van der Waals surface area contributed by atoms with Crippen LogP contribution < -0.4 is 11.5 Å². The number of carbonyl (C=O) groups is 1. The second-order valence-corrected chi connectivity index (χ2v) is 3.82. The molecular formula is C12H19N3O. The number of rotatable bonds is 6. The summed E-state index contributed by atoms with van der Waals surface area (Å²) in [6.07, 6.45) is 0. The van der Waals surface area contributed by atoms with Crippen molar-refractivity contribution in [1.29, 1.82) is 0 Å². The molecule has 0 aliphatic heterocycles. The van der Waals surface area contributed by atoms with Gasteiger partial charge in [-0.3, -0.25) is 9.69 Å². The van der Waals surface area contributed by atoms with Gasteiger partial charge in [-0.2, -0.15) is 0 Å². The molecule has 0 aliphatic carbocycles. The molecule has 1 amide bonds. The Balaban J connectivity index is 2.53. The molecule has 1 rings (SSSR count). The summed E-state index contributed by atoms with van der Waals surface area (Å²) >= 11 is 0. The summed E-state index contributed by atoms with van der Waals surface area (Å²) in [6, 6.07) is 9.49. The van der Waals surface area contributed by atoms with Crippen LogP contribution in [-0.2, 0) is 11.3 Å². The number of carbonyl (C=O) groups excluding carboxylic acids is 1. The smallest absolute Gasteiger partial charge is 0.235 e. The Labute approximate surface area is 96.2 Å². The van der Waals surface area contributed by atoms with Crippen LogP contribution in [0.2, 0.25) is 0 Å². The van der Waals surface area contributed by atoms with Gasteiger partial charge in [-0.15, -0.1) is 0 Å². The minimum Gasteiger partial charge on any atom is -0.368 e. The SMILES string of the molecule is CCN(Cc1ccccc1)CC(N)C(N)=O. The van der Waals surface area contributed by atoms with Crippen molar-refractivity contribution in [3.05, 3.63) is 35.9 Å². The van der Waals surface area contributed by atoms with E-state index in [0.717, 1.165) is 13.1 Å². The van der Waals surface area contributed by atoms with E-state index in [-0.39, 0.29) is 0 Å². The average molecular weight is 221 g/mol. The molecule has 0 spiro atoms. The zero-order chi connectivity index (χ0) is 12.0. The number of nitrogens with two attached hydrogens (primary N) is 2. The largest absolute Gasteiger partial charge is 0.368 e. The number of amides is 1. The Bertz CT molecular complexity index is 326. The van der Waals surface area contributed by atoms with E-state index in [1.807, 2.05) is 25.1 Å². The Morgan fingerprint density at radius 1 is 1.38 bits per heavy atom. The second kappa shape index (κ2) is 6.25. The van der Waals surface area contributed by atoms with Crippen LogP contribution in [0.5, 0.6) is 0 Å². The lowest BCUT2D eigenvalue weighted by atomic mass is 10.2. The molecule has 0 fully saturated rings. The molecule has 4 N–H and O–H groups in total. The van der Waals surface area contributed by atoms with E-state index in [1.165, 1.54) is 5.56 Å². The monoisotopic (exact) mass is 221 g/mol. The summed E-state index contributed by atoms with van der Waals surface area (Å²) in [7, 11) is 0. The molecule has 4 heteroatoms. The fraction of sp³-hybridized carbons (Fsp3) is 0.417. The number of likely N-dealkylation sites (N-methyl/N-ethyl adjacent to an activating group) is 1. The molecule has 4 nitrogen and oxygen atoms in total. The molecule has 1 atom stereocenters. The molecular weight excluding hydrogens is 202 g/mol. The van der Waals surface area contributed by atoms with E-state index < -0.39 is 11.9 Å². The van der Waals surface area contributed by atoms with E-state index in [0.29, 0.717) is 6.54 Å². The van der Waals surface area contributed by atoms with Crippen LogP contribution in [0.4, 0.5) is 0 Å². The van der Waals surface area contributed by atoms with E-state index in [9.17, 15) is 4.79 Å². The molecule has 88 valence electrons. The highest BCUT2D eigenvalue weighted by Gasteiger charge is 2.13. The highest BCUT2D eigenvalue weighted by atomic mass is 16.1. The van der Waals surface area contributed by atoms with Crippen LogP contribution in [0.1, 0.15) is 12.5 Å². The second-order valence-electron chi connectivity index (χ2n) is 3.82. The molecule has 1 unspecified atom stereocenters. The van der Waals surface area contributed by atoms with Gasteiger partial charge < -0.3 is 11.5 Å². The van der Waals surface area contributed by atoms with E-state index in [1.54, 1.807) is 0 Å². The standard InChI is InChI=1S/C12H19N3O/c1-2-15(9-11(13)12(14)16)8-10-6-4-3-5-7-10/h3-7,11H,2,8-9,13H2,1H3,(H2,14,16). The number of primary amides is 1. The Morgan fingerprint density at radius 3 is 2.50 bits per heavy atom. The number of nitrogens with zero attached hydrogens (tertiary/aromatic N) is 1. The van der Waals surface area contributed by atoms with Gasteiger partial charge in [0.05, 0.1) is 6.04 Å². The lowest BCUT2D eigenvalue weighted by Crippen LogP contribution is -2.45. The van der Waals surface area contributed by atoms with Crippen molar-refractivity contribution in [1.82, 2.24) is 4.90 Å². The third-order valence-electron chi connectivity index (χ3n) is 2.52. The summed E-state index contributed by atoms with van der Waals surface area (Å²) < 4.78 is 0. The zero-order valence-electron chi connectivity index (χ0n) is 9.60. The van der Waals surface area contributed by atoms with Crippen LogP contribution >= 0.6 is 0 Å². The first-order chi connectivity index (χ1) is 7.63. The van der Waals surface area contributed by atoms with Gasteiger partial charge >= 0.3 is 0 Å². The Morgan fingerprint density at radius 2 is 2.00 bits per heavy atom. The van der Waals surface area contributed by atoms with Crippen molar-refractivity contribution in [3.63, 3.8) is 0 Å². The zero-order valence-corrected chi connectivity index (χ0v) is 9.60. The first-order valence-electron chi connectivity index (χ1n) is 5.44. The molecule has 1 aromatic carbocycles. The first-order valence-corrected chi connectivity index (χ1v) is 5.44. The molecule has 16 heavy (non-hydrogen) atoms. The molecule has 0 bridgehead atoms. The predicted octanol–water partition coefficient (Wildman–Crippen LogP) is 0.321. The third kappa shape index (κ3) is 4.00. The topological polar surface area (TPSA) is 72.3 Å². The van der Waals surface area contributed by atoms with Crippen molar-refractivity contribution in [2.24, 2.45) is 11.5 Å². The fourth-order valence-electron chi connectivity index (χ4n) is 1.52. The molecule has 0 heterocycles. The van der Waals surface area contributed by atoms with Crippen molar-refractivity contribution in [3.8, 4) is 0 Å². The van der Waals surface area contributed by atoms with E-state index in [2.05, 4.69) is 17.0 Å². The maximum atomic E-state index is 10.9. The highest BCUT2D eigenvalue weighted by Crippen LogP contribution is 2.04. The average Bonchev–Trinajstić information content (AvgIpc) is 2.29. The highest BCUT2D eigenvalue weighted by molar-refractivity contribution is 5.79. The first kappa shape index (κ1) is 12.7. The van der Waals surface area contributed by atoms with Crippen LogP contribution in [0.15, 0.2) is 30.3 Å². The van der Waals surface area contributed by atoms with Crippen LogP contribution in [0.25, 0.3) is 0 Å². The van der Waals surface area contributed by atoms with Gasteiger partial charge in [0.2, 0.25) is 5.91 Å². The summed E-state index contributed by atoms with van der Waals surface area (Å²) in [5, 5.41) is 0. The van der Waals surface area contributed by atoms with Crippen molar-refractivity contribution in [2.75, 3.05) is 13.1 Å². The molecule has 0 saturated heterocycles. The predicted molar refractivity (Wildman–Crippen MR) is 64.6 cm³/mol. The lowest BCUT2D eigenvalue weighted by Gasteiger charge is -2.22. The van der Waals surface area contributed by atoms with Crippen molar-refractivity contribution >= 4 is 5.91 Å². The van der Waals surface area contributed by atoms with Crippen LogP contribution in [0.3, 0.4) is 0 Å². The molecule has 0 aliphatic rings. The number of hydrogen-bond donors (Lipinski definition) is 2. The Hall–Kier alpha value is -1.39. The Kier molecular flexibility index (Phi) is 4.95. The fourth-order valence-corrected chi connectivity index (χ4v) is 1.52. The maximum absolute atomic E-state index is 10.9. The van der Waals surface area contributed by atoms with Crippen molar-refractivity contribution < 1.29 is 4.79 Å². The van der Waals surface area contributed by atoms with Gasteiger partial charge in [-0.1, -0.05) is 37.3 Å². The van der Waals surface area contributed by atoms with Gasteiger partial charge in [-0.05, 0) is 12.1 Å². The maximum Gasteiger partial charge on any atom is 0.235 e. The third-order valence-corrected chi connectivity index (χ3v) is 2.52. The summed E-state index contributed by atoms with van der Waals surface area (Å²) in [5.74, 6) is -0.452. The van der Waals surface area contributed by atoms with E-state index in [4.69, 9.17) is 11.5 Å². The summed E-state index contributed by atoms with van der Waals surface area (Å²) in [4.78, 5) is 13.0. The minimum absolute atomic E-state index is 0.452. The van der Waals surface area contributed by atoms with Crippen LogP contribution in [-0.4, -0.2) is 29.9 Å². The minimum atomic E-state index is -0.594. The molecule has 0 radical (unpaired) electrons. The van der Waals surface area contributed by atoms with Crippen LogP contribution in [0, 0.1) is 0 Å². The van der Waals surface area contributed by atoms with Gasteiger partial charge in [0.15, 0.2) is 0 Å². The lowest BCUT2D eigenvalue weighted by molar-refractivity contribution is -0.119. The molecule has 0 aromatic heterocycles. The molecule has 0 saturated carbocycles. The van der Waals surface area contributed by atoms with Gasteiger partial charge in [0.25, 0.3) is 0 Å². The summed E-state index contributed by atoms with van der Waals surface area (Å²) in [6.45, 7) is 4.17. The van der Waals surface area contributed by atoms with Gasteiger partial charge in [-0.25, -0.2) is 0 Å². The quantitative estimate of drug-likeness (QED) is 0.726. The van der Waals surface area contributed by atoms with Crippen molar-refractivity contribution in [2.45, 2.75) is 19.5 Å². The van der Waals surface area contributed by atoms with Gasteiger partial charge in [0, 0.05) is 13.1 Å². The molecule has 1 aromatic rings. The van der Waals surface area contributed by atoms with E-state index >= 15 is 0 Å².